The molecule has 2 aromatic heterocycles. The van der Waals surface area contributed by atoms with Crippen LogP contribution in [0.4, 0.5) is 28.4 Å². The Labute approximate surface area is 393 Å². The normalized spacial score (nSPS) is 12.9. The molecule has 0 aliphatic rings. The first-order chi connectivity index (χ1) is 32.6. The van der Waals surface area contributed by atoms with E-state index in [2.05, 4.69) is 235 Å². The van der Waals surface area contributed by atoms with E-state index in [4.69, 9.17) is 8.83 Å². The Kier molecular flexibility index (Phi) is 10.1. The van der Waals surface area contributed by atoms with Gasteiger partial charge in [0.2, 0.25) is 0 Å². The zero-order chi connectivity index (χ0) is 46.2. The van der Waals surface area contributed by atoms with Gasteiger partial charge in [-0.2, -0.15) is 0 Å². The van der Waals surface area contributed by atoms with E-state index >= 15 is 0 Å². The maximum absolute atomic E-state index is 7.11. The SMILES string of the molecule is C=C/C=C(\C=C/C)N(c1ccc2ccc3c(N(c4ccccc4)c4cccc5c4oc4c(C(C)(C)CC)cccc45)ccc4ccc1c2c43)c1cccc2c1oc1c(C(C)(C)CC)cccc12. The van der Waals surface area contributed by atoms with Gasteiger partial charge in [0, 0.05) is 54.8 Å². The van der Waals surface area contributed by atoms with Crippen LogP contribution in [-0.4, -0.2) is 0 Å². The molecule has 0 aliphatic carbocycles. The molecule has 0 saturated carbocycles. The molecule has 11 aromatic rings. The monoisotopic (exact) mass is 872 g/mol. The minimum atomic E-state index is -0.0545. The highest BCUT2D eigenvalue weighted by Crippen LogP contribution is 2.51. The Morgan fingerprint density at radius 1 is 0.493 bits per heavy atom. The average molecular weight is 873 g/mol. The van der Waals surface area contributed by atoms with Crippen LogP contribution in [0.2, 0.25) is 0 Å². The molecule has 0 radical (unpaired) electrons. The number of fused-ring (bicyclic) bond motifs is 6. The van der Waals surface area contributed by atoms with Crippen molar-refractivity contribution >= 4 is 105 Å². The maximum Gasteiger partial charge on any atom is 0.159 e. The van der Waals surface area contributed by atoms with Gasteiger partial charge in [-0.25, -0.2) is 0 Å². The number of rotatable bonds is 12. The van der Waals surface area contributed by atoms with E-state index in [1.54, 1.807) is 0 Å². The third kappa shape index (κ3) is 6.56. The fourth-order valence-corrected chi connectivity index (χ4v) is 10.5. The first kappa shape index (κ1) is 42.1. The van der Waals surface area contributed by atoms with E-state index in [9.17, 15) is 0 Å². The molecule has 67 heavy (non-hydrogen) atoms. The first-order valence-electron chi connectivity index (χ1n) is 23.8. The Hall–Kier alpha value is -7.56. The Morgan fingerprint density at radius 3 is 1.51 bits per heavy atom. The van der Waals surface area contributed by atoms with Crippen molar-refractivity contribution in [3.63, 3.8) is 0 Å². The van der Waals surface area contributed by atoms with Crippen LogP contribution >= 0.6 is 0 Å². The van der Waals surface area contributed by atoms with E-state index in [1.165, 1.54) is 32.7 Å². The second-order valence-electron chi connectivity index (χ2n) is 19.3. The van der Waals surface area contributed by atoms with Gasteiger partial charge in [-0.05, 0) is 101 Å². The van der Waals surface area contributed by atoms with Crippen molar-refractivity contribution in [2.75, 3.05) is 9.80 Å². The molecular formula is C63H56N2O2. The number of anilines is 5. The third-order valence-corrected chi connectivity index (χ3v) is 14.7. The molecule has 0 bridgehead atoms. The lowest BCUT2D eigenvalue weighted by Gasteiger charge is -2.29. The second kappa shape index (κ2) is 16.1. The Morgan fingerprint density at radius 2 is 0.970 bits per heavy atom. The number of furan rings is 2. The summed E-state index contributed by atoms with van der Waals surface area (Å²) in [4.78, 5) is 4.75. The highest BCUT2D eigenvalue weighted by Gasteiger charge is 2.29. The molecule has 9 aromatic carbocycles. The van der Waals surface area contributed by atoms with Crippen molar-refractivity contribution in [3.05, 3.63) is 199 Å². The van der Waals surface area contributed by atoms with E-state index in [0.29, 0.717) is 0 Å². The number of nitrogens with zero attached hydrogens (tertiary/aromatic N) is 2. The highest BCUT2D eigenvalue weighted by molar-refractivity contribution is 6.28. The molecule has 0 amide bonds. The topological polar surface area (TPSA) is 32.8 Å². The molecule has 330 valence electrons. The van der Waals surface area contributed by atoms with Crippen molar-refractivity contribution in [2.45, 2.75) is 72.1 Å². The van der Waals surface area contributed by atoms with E-state index < -0.39 is 0 Å². The largest absolute Gasteiger partial charge is 0.454 e. The quantitative estimate of drug-likeness (QED) is 0.0904. The lowest BCUT2D eigenvalue weighted by molar-refractivity contribution is 0.500. The molecule has 0 spiro atoms. The Bertz CT molecular complexity index is 3770. The van der Waals surface area contributed by atoms with Crippen molar-refractivity contribution in [1.29, 1.82) is 0 Å². The molecule has 0 aliphatic heterocycles. The van der Waals surface area contributed by atoms with Crippen LogP contribution in [0.15, 0.2) is 197 Å². The molecule has 0 saturated heterocycles. The molecule has 4 heteroatoms. The van der Waals surface area contributed by atoms with Gasteiger partial charge < -0.3 is 18.6 Å². The van der Waals surface area contributed by atoms with Crippen LogP contribution in [0.3, 0.4) is 0 Å². The van der Waals surface area contributed by atoms with Gasteiger partial charge in [0.15, 0.2) is 11.2 Å². The summed E-state index contributed by atoms with van der Waals surface area (Å²) in [7, 11) is 0. The van der Waals surface area contributed by atoms with Gasteiger partial charge in [-0.3, -0.25) is 0 Å². The smallest absolute Gasteiger partial charge is 0.159 e. The summed E-state index contributed by atoms with van der Waals surface area (Å²) in [6.07, 6.45) is 10.2. The summed E-state index contributed by atoms with van der Waals surface area (Å²) in [5.41, 5.74) is 12.1. The van der Waals surface area contributed by atoms with E-state index in [-0.39, 0.29) is 10.8 Å². The summed E-state index contributed by atoms with van der Waals surface area (Å²) in [6, 6.07) is 55.3. The molecule has 0 atom stereocenters. The Balaban J connectivity index is 1.17. The summed E-state index contributed by atoms with van der Waals surface area (Å²) >= 11 is 0. The maximum atomic E-state index is 7.11. The van der Waals surface area contributed by atoms with E-state index in [0.717, 1.165) is 102 Å². The fourth-order valence-electron chi connectivity index (χ4n) is 10.5. The second-order valence-corrected chi connectivity index (χ2v) is 19.3. The van der Waals surface area contributed by atoms with Gasteiger partial charge in [-0.15, -0.1) is 0 Å². The first-order valence-corrected chi connectivity index (χ1v) is 23.8. The minimum Gasteiger partial charge on any atom is -0.454 e. The van der Waals surface area contributed by atoms with Crippen LogP contribution < -0.4 is 9.80 Å². The minimum absolute atomic E-state index is 0.0454. The summed E-state index contributed by atoms with van der Waals surface area (Å²) in [5.74, 6) is 0. The predicted octanol–water partition coefficient (Wildman–Crippen LogP) is 19.0. The van der Waals surface area contributed by atoms with Crippen molar-refractivity contribution in [2.24, 2.45) is 0 Å². The molecule has 2 heterocycles. The zero-order valence-corrected chi connectivity index (χ0v) is 39.6. The van der Waals surface area contributed by atoms with E-state index in [1.807, 2.05) is 6.08 Å². The fraction of sp³-hybridized carbons (Fsp3) is 0.175. The van der Waals surface area contributed by atoms with Crippen LogP contribution in [0, 0.1) is 0 Å². The van der Waals surface area contributed by atoms with Crippen LogP contribution in [0.25, 0.3) is 76.2 Å². The van der Waals surface area contributed by atoms with Crippen molar-refractivity contribution in [1.82, 2.24) is 0 Å². The standard InChI is InChI=1S/C63H56N2O2/c1-9-20-42(21-10-2)64(54-30-18-26-46-44-24-16-28-50(62(5,6)11-3)58(44)66-60(46)54)52-38-34-40-33-37-49-53(39-35-41-32-36-48(52)56(40)57(41)49)65(43-22-14-13-15-23-43)55-31-19-27-47-45-25-17-29-51(63(7,8)12-4)59(45)67-61(47)55/h9-10,13-39H,1,11-12H2,2-8H3/b21-10-,42-20+. The molecule has 0 fully saturated rings. The third-order valence-electron chi connectivity index (χ3n) is 14.7. The van der Waals surface area contributed by atoms with Gasteiger partial charge in [0.25, 0.3) is 0 Å². The van der Waals surface area contributed by atoms with Crippen LogP contribution in [-0.2, 0) is 10.8 Å². The van der Waals surface area contributed by atoms with Gasteiger partial charge in [0.05, 0.1) is 22.7 Å². The molecule has 11 rings (SSSR count). The van der Waals surface area contributed by atoms with Crippen LogP contribution in [0.1, 0.15) is 72.4 Å². The lowest BCUT2D eigenvalue weighted by atomic mass is 9.81. The summed E-state index contributed by atoms with van der Waals surface area (Å²) < 4.78 is 14.2. The number of para-hydroxylation sites is 5. The number of hydrogen-bond acceptors (Lipinski definition) is 4. The molecular weight excluding hydrogens is 817 g/mol. The van der Waals surface area contributed by atoms with Crippen LogP contribution in [0.5, 0.6) is 0 Å². The van der Waals surface area contributed by atoms with Crippen molar-refractivity contribution in [3.8, 4) is 0 Å². The molecule has 4 nitrogen and oxygen atoms in total. The average Bonchev–Trinajstić information content (AvgIpc) is 3.94. The van der Waals surface area contributed by atoms with Gasteiger partial charge in [-0.1, -0.05) is 176 Å². The summed E-state index contributed by atoms with van der Waals surface area (Å²) in [5, 5.41) is 11.6. The zero-order valence-electron chi connectivity index (χ0n) is 39.6. The van der Waals surface area contributed by atoms with Crippen molar-refractivity contribution < 1.29 is 8.83 Å². The summed E-state index contributed by atoms with van der Waals surface area (Å²) in [6.45, 7) is 20.0. The number of benzene rings is 9. The predicted molar refractivity (Wildman–Crippen MR) is 288 cm³/mol. The number of hydrogen-bond donors (Lipinski definition) is 0. The van der Waals surface area contributed by atoms with Gasteiger partial charge in [0.1, 0.15) is 11.2 Å². The van der Waals surface area contributed by atoms with Gasteiger partial charge >= 0.3 is 0 Å². The lowest BCUT2D eigenvalue weighted by Crippen LogP contribution is -2.16. The molecule has 0 unspecified atom stereocenters. The molecule has 0 N–H and O–H groups in total. The number of allylic oxidation sites excluding steroid dienone is 4. The highest BCUT2D eigenvalue weighted by atomic mass is 16.3.